The third-order valence-electron chi connectivity index (χ3n) is 4.66. The molecule has 3 heterocycles. The van der Waals surface area contributed by atoms with E-state index in [2.05, 4.69) is 29.0 Å². The molecular formula is C21H23N3O2S. The Morgan fingerprint density at radius 1 is 1.22 bits per heavy atom. The smallest absolute Gasteiger partial charge is 0.261 e. The largest absolute Gasteiger partial charge is 0.372 e. The Labute approximate surface area is 163 Å². The van der Waals surface area contributed by atoms with Gasteiger partial charge < -0.3 is 15.0 Å². The maximum Gasteiger partial charge on any atom is 0.261 e. The van der Waals surface area contributed by atoms with Crippen molar-refractivity contribution in [2.45, 2.75) is 32.6 Å². The fourth-order valence-electron chi connectivity index (χ4n) is 3.44. The predicted molar refractivity (Wildman–Crippen MR) is 109 cm³/mol. The van der Waals surface area contributed by atoms with E-state index < -0.39 is 0 Å². The summed E-state index contributed by atoms with van der Waals surface area (Å²) in [6, 6.07) is 14.0. The highest BCUT2D eigenvalue weighted by atomic mass is 32.1. The molecule has 1 N–H and O–H groups in total. The molecule has 2 unspecified atom stereocenters. The Hall–Kier alpha value is -2.44. The van der Waals surface area contributed by atoms with Gasteiger partial charge in [0.2, 0.25) is 0 Å². The van der Waals surface area contributed by atoms with Crippen molar-refractivity contribution < 1.29 is 9.53 Å². The number of pyridine rings is 1. The van der Waals surface area contributed by atoms with Crippen LogP contribution in [0.4, 0.5) is 5.82 Å². The Morgan fingerprint density at radius 2 is 2.00 bits per heavy atom. The lowest BCUT2D eigenvalue weighted by molar-refractivity contribution is -0.00546. The number of ether oxygens (including phenoxy) is 1. The number of nitrogens with one attached hydrogen (secondary N) is 1. The van der Waals surface area contributed by atoms with E-state index in [1.54, 1.807) is 0 Å². The number of carbonyl (C=O) groups excluding carboxylic acids is 1. The number of hydrogen-bond donors (Lipinski definition) is 1. The van der Waals surface area contributed by atoms with Crippen LogP contribution in [0.2, 0.25) is 0 Å². The van der Waals surface area contributed by atoms with Crippen molar-refractivity contribution in [2.24, 2.45) is 0 Å². The third-order valence-corrected chi connectivity index (χ3v) is 5.77. The first-order valence-corrected chi connectivity index (χ1v) is 10.0. The number of thiophene rings is 1. The molecule has 140 valence electrons. The molecule has 27 heavy (non-hydrogen) atoms. The second-order valence-corrected chi connectivity index (χ2v) is 8.10. The van der Waals surface area contributed by atoms with Gasteiger partial charge in [0.25, 0.3) is 5.91 Å². The Bertz CT molecular complexity index is 895. The first kappa shape index (κ1) is 17.9. The summed E-state index contributed by atoms with van der Waals surface area (Å²) in [6.07, 6.45) is 2.25. The molecule has 1 fully saturated rings. The van der Waals surface area contributed by atoms with Crippen LogP contribution in [0.15, 0.2) is 48.7 Å². The van der Waals surface area contributed by atoms with Gasteiger partial charge in [0.15, 0.2) is 0 Å². The van der Waals surface area contributed by atoms with Gasteiger partial charge in [0.1, 0.15) is 5.82 Å². The number of anilines is 1. The summed E-state index contributed by atoms with van der Waals surface area (Å²) in [5.41, 5.74) is 0.988. The van der Waals surface area contributed by atoms with Crippen molar-refractivity contribution in [1.82, 2.24) is 10.3 Å². The number of morpholine rings is 1. The lowest BCUT2D eigenvalue weighted by Gasteiger charge is -2.36. The van der Waals surface area contributed by atoms with Crippen LogP contribution in [-0.4, -0.2) is 36.2 Å². The van der Waals surface area contributed by atoms with E-state index in [1.807, 2.05) is 48.7 Å². The summed E-state index contributed by atoms with van der Waals surface area (Å²) in [5.74, 6) is 0.910. The third kappa shape index (κ3) is 4.12. The molecule has 0 spiro atoms. The van der Waals surface area contributed by atoms with Crippen LogP contribution < -0.4 is 10.2 Å². The van der Waals surface area contributed by atoms with Gasteiger partial charge in [-0.05, 0) is 43.0 Å². The molecule has 1 aliphatic rings. The van der Waals surface area contributed by atoms with Crippen LogP contribution in [-0.2, 0) is 11.3 Å². The minimum Gasteiger partial charge on any atom is -0.372 e. The minimum absolute atomic E-state index is 0.0453. The summed E-state index contributed by atoms with van der Waals surface area (Å²) >= 11 is 1.52. The van der Waals surface area contributed by atoms with Gasteiger partial charge in [-0.3, -0.25) is 4.79 Å². The van der Waals surface area contributed by atoms with Gasteiger partial charge in [0.05, 0.1) is 17.1 Å². The first-order chi connectivity index (χ1) is 13.1. The highest BCUT2D eigenvalue weighted by Gasteiger charge is 2.23. The van der Waals surface area contributed by atoms with E-state index in [1.165, 1.54) is 11.3 Å². The molecule has 0 bridgehead atoms. The van der Waals surface area contributed by atoms with Crippen LogP contribution in [0.5, 0.6) is 0 Å². The summed E-state index contributed by atoms with van der Waals surface area (Å²) in [4.78, 5) is 20.0. The number of carbonyl (C=O) groups is 1. The second kappa shape index (κ2) is 7.66. The van der Waals surface area contributed by atoms with Crippen LogP contribution in [0.3, 0.4) is 0 Å². The fourth-order valence-corrected chi connectivity index (χ4v) is 4.42. The number of aromatic nitrogens is 1. The molecule has 1 saturated heterocycles. The normalized spacial score (nSPS) is 20.0. The molecule has 1 aliphatic heterocycles. The summed E-state index contributed by atoms with van der Waals surface area (Å²) < 4.78 is 6.90. The van der Waals surface area contributed by atoms with Gasteiger partial charge in [0, 0.05) is 30.5 Å². The molecule has 3 aromatic rings. The van der Waals surface area contributed by atoms with E-state index in [4.69, 9.17) is 4.74 Å². The molecule has 0 saturated carbocycles. The monoisotopic (exact) mass is 381 g/mol. The van der Waals surface area contributed by atoms with Crippen LogP contribution in [0, 0.1) is 0 Å². The van der Waals surface area contributed by atoms with Crippen molar-refractivity contribution in [2.75, 3.05) is 18.0 Å². The predicted octanol–water partition coefficient (Wildman–Crippen LogP) is 3.84. The highest BCUT2D eigenvalue weighted by molar-refractivity contribution is 7.20. The van der Waals surface area contributed by atoms with Crippen LogP contribution in [0.1, 0.15) is 29.1 Å². The number of benzene rings is 1. The zero-order valence-electron chi connectivity index (χ0n) is 15.5. The molecule has 2 atom stereocenters. The maximum absolute atomic E-state index is 12.4. The topological polar surface area (TPSA) is 54.5 Å². The summed E-state index contributed by atoms with van der Waals surface area (Å²) in [5, 5.41) is 4.09. The van der Waals surface area contributed by atoms with E-state index in [-0.39, 0.29) is 18.1 Å². The fraction of sp³-hybridized carbons (Fsp3) is 0.333. The summed E-state index contributed by atoms with van der Waals surface area (Å²) in [7, 11) is 0. The molecule has 0 aliphatic carbocycles. The zero-order valence-corrected chi connectivity index (χ0v) is 16.3. The van der Waals surface area contributed by atoms with E-state index in [0.717, 1.165) is 39.4 Å². The lowest BCUT2D eigenvalue weighted by Crippen LogP contribution is -2.45. The standard InChI is InChI=1S/C21H23N3O2S/c1-14-12-24(13-15(2)26-14)20-8-7-16(10-22-20)11-23-21(25)19-9-17-5-3-4-6-18(17)27-19/h3-10,14-15H,11-13H2,1-2H3,(H,23,25). The second-order valence-electron chi connectivity index (χ2n) is 7.02. The van der Waals surface area contributed by atoms with Crippen LogP contribution in [0.25, 0.3) is 10.1 Å². The Morgan fingerprint density at radius 3 is 2.70 bits per heavy atom. The molecule has 1 amide bonds. The number of nitrogens with zero attached hydrogens (tertiary/aromatic N) is 2. The average Bonchev–Trinajstić information content (AvgIpc) is 3.10. The molecule has 2 aromatic heterocycles. The van der Waals surface area contributed by atoms with E-state index in [0.29, 0.717) is 6.54 Å². The van der Waals surface area contributed by atoms with Gasteiger partial charge >= 0.3 is 0 Å². The van der Waals surface area contributed by atoms with Crippen molar-refractivity contribution in [3.8, 4) is 0 Å². The quantitative estimate of drug-likeness (QED) is 0.746. The number of fused-ring (bicyclic) bond motifs is 1. The number of rotatable bonds is 4. The Balaban J connectivity index is 1.37. The van der Waals surface area contributed by atoms with E-state index >= 15 is 0 Å². The first-order valence-electron chi connectivity index (χ1n) is 9.20. The van der Waals surface area contributed by atoms with Crippen molar-refractivity contribution in [1.29, 1.82) is 0 Å². The average molecular weight is 382 g/mol. The SMILES string of the molecule is CC1CN(c2ccc(CNC(=O)c3cc4ccccc4s3)cn2)CC(C)O1. The molecule has 1 aromatic carbocycles. The molecule has 5 nitrogen and oxygen atoms in total. The maximum atomic E-state index is 12.4. The van der Waals surface area contributed by atoms with Crippen molar-refractivity contribution in [3.05, 3.63) is 59.1 Å². The molecular weight excluding hydrogens is 358 g/mol. The van der Waals surface area contributed by atoms with Gasteiger partial charge in [-0.15, -0.1) is 11.3 Å². The van der Waals surface area contributed by atoms with Gasteiger partial charge in [-0.2, -0.15) is 0 Å². The van der Waals surface area contributed by atoms with Gasteiger partial charge in [-0.1, -0.05) is 24.3 Å². The molecule has 0 radical (unpaired) electrons. The van der Waals surface area contributed by atoms with Gasteiger partial charge in [-0.25, -0.2) is 4.98 Å². The molecule has 4 rings (SSSR count). The molecule has 6 heteroatoms. The lowest BCUT2D eigenvalue weighted by atomic mass is 10.2. The minimum atomic E-state index is -0.0453. The number of amides is 1. The van der Waals surface area contributed by atoms with Crippen molar-refractivity contribution >= 4 is 33.1 Å². The highest BCUT2D eigenvalue weighted by Crippen LogP contribution is 2.25. The number of hydrogen-bond acceptors (Lipinski definition) is 5. The zero-order chi connectivity index (χ0) is 18.8. The summed E-state index contributed by atoms with van der Waals surface area (Å²) in [6.45, 7) is 6.33. The Kier molecular flexibility index (Phi) is 5.09. The van der Waals surface area contributed by atoms with E-state index in [9.17, 15) is 4.79 Å². The van der Waals surface area contributed by atoms with Crippen molar-refractivity contribution in [3.63, 3.8) is 0 Å². The van der Waals surface area contributed by atoms with Crippen LogP contribution >= 0.6 is 11.3 Å².